The van der Waals surface area contributed by atoms with Crippen LogP contribution in [0.3, 0.4) is 0 Å². The molecule has 1 N–H and O–H groups in total. The summed E-state index contributed by atoms with van der Waals surface area (Å²) in [5.41, 5.74) is 0. The van der Waals surface area contributed by atoms with E-state index >= 15 is 0 Å². The van der Waals surface area contributed by atoms with Crippen LogP contribution in [0.1, 0.15) is 101 Å². The Morgan fingerprint density at radius 1 is 0.778 bits per heavy atom. The van der Waals surface area contributed by atoms with E-state index in [1.54, 1.807) is 0 Å². The van der Waals surface area contributed by atoms with Crippen LogP contribution in [0.15, 0.2) is 0 Å². The zero-order valence-corrected chi connectivity index (χ0v) is 11.8. The maximum Gasteiger partial charge on any atom is 0.303 e. The zero-order chi connectivity index (χ0) is 16.0. The molecule has 0 aromatic heterocycles. The van der Waals surface area contributed by atoms with E-state index in [-0.39, 0.29) is 0 Å². The highest BCUT2D eigenvalue weighted by Gasteiger charge is 1.96. The molecule has 2 nitrogen and oxygen atoms in total. The van der Waals surface area contributed by atoms with E-state index in [0.29, 0.717) is 12.8 Å². The smallest absolute Gasteiger partial charge is 0.303 e. The third-order valence-electron chi connectivity index (χ3n) is 3.32. The lowest BCUT2D eigenvalue weighted by molar-refractivity contribution is -0.137. The summed E-state index contributed by atoms with van der Waals surface area (Å²) in [5, 5.41) is 8.50. The lowest BCUT2D eigenvalue weighted by atomic mass is 10.0. The summed E-state index contributed by atoms with van der Waals surface area (Å²) in [7, 11) is 0. The Balaban J connectivity index is 3.04. The van der Waals surface area contributed by atoms with Crippen LogP contribution in [0.25, 0.3) is 0 Å². The Hall–Kier alpha value is -0.530. The van der Waals surface area contributed by atoms with Gasteiger partial charge in [0.05, 0.1) is 0 Å². The van der Waals surface area contributed by atoms with Gasteiger partial charge in [0.25, 0.3) is 0 Å². The molecule has 0 heterocycles. The molecular formula is C16H32O2. The van der Waals surface area contributed by atoms with Crippen molar-refractivity contribution < 1.29 is 14.0 Å². The van der Waals surface area contributed by atoms with E-state index in [1.807, 2.05) is 0 Å². The van der Waals surface area contributed by atoms with Crippen LogP contribution < -0.4 is 0 Å². The van der Waals surface area contributed by atoms with Crippen molar-refractivity contribution in [2.75, 3.05) is 0 Å². The fraction of sp³-hybridized carbons (Fsp3) is 0.938. The summed E-state index contributed by atoms with van der Waals surface area (Å²) in [6.07, 6.45) is 14.2. The van der Waals surface area contributed by atoms with Crippen LogP contribution in [-0.4, -0.2) is 11.1 Å². The van der Waals surface area contributed by atoms with Crippen LogP contribution in [0.4, 0.5) is 0 Å². The van der Waals surface area contributed by atoms with Crippen LogP contribution in [-0.2, 0) is 4.79 Å². The summed E-state index contributed by atoms with van der Waals surface area (Å²) in [6, 6.07) is 0. The minimum atomic E-state index is -1.75. The molecule has 0 rings (SSSR count). The van der Waals surface area contributed by atoms with Crippen molar-refractivity contribution in [1.29, 1.82) is 0 Å². The molecule has 0 unspecified atom stereocenters. The van der Waals surface area contributed by atoms with Crippen molar-refractivity contribution >= 4 is 5.97 Å². The first-order chi connectivity index (χ1) is 9.92. The molecule has 0 bridgehead atoms. The van der Waals surface area contributed by atoms with E-state index in [1.165, 1.54) is 38.5 Å². The Kier molecular flexibility index (Phi) is 10.1. The van der Waals surface area contributed by atoms with Gasteiger partial charge in [0.1, 0.15) is 0 Å². The highest BCUT2D eigenvalue weighted by molar-refractivity contribution is 5.66. The quantitative estimate of drug-likeness (QED) is 0.328. The van der Waals surface area contributed by atoms with Crippen molar-refractivity contribution in [3.63, 3.8) is 0 Å². The number of aliphatic carboxylic acids is 1. The Labute approximate surface area is 117 Å². The number of hydrogen-bond acceptors (Lipinski definition) is 1. The molecule has 0 radical (unpaired) electrons. The number of carboxylic acid groups (broad SMARTS) is 1. The second-order valence-corrected chi connectivity index (χ2v) is 5.14. The van der Waals surface area contributed by atoms with Crippen LogP contribution in [0.2, 0.25) is 0 Å². The first-order valence-corrected chi connectivity index (χ1v) is 7.63. The molecule has 0 saturated carbocycles. The summed E-state index contributed by atoms with van der Waals surface area (Å²) < 4.78 is 21.3. The average Bonchev–Trinajstić information content (AvgIpc) is 2.37. The summed E-state index contributed by atoms with van der Waals surface area (Å²) in [6.45, 7) is -1.75. The Morgan fingerprint density at radius 2 is 1.17 bits per heavy atom. The summed E-state index contributed by atoms with van der Waals surface area (Å²) in [5.74, 6) is -0.686. The highest BCUT2D eigenvalue weighted by Crippen LogP contribution is 2.12. The SMILES string of the molecule is [2H][13C]([2H])([2H])CCCCCCCCCCCCCCC(=O)O. The molecule has 2 heteroatoms. The summed E-state index contributed by atoms with van der Waals surface area (Å²) >= 11 is 0. The summed E-state index contributed by atoms with van der Waals surface area (Å²) in [4.78, 5) is 10.3. The highest BCUT2D eigenvalue weighted by atomic mass is 16.4. The van der Waals surface area contributed by atoms with E-state index in [9.17, 15) is 4.79 Å². The first-order valence-electron chi connectivity index (χ1n) is 9.13. The topological polar surface area (TPSA) is 37.3 Å². The Morgan fingerprint density at radius 3 is 1.56 bits per heavy atom. The molecule has 0 aliphatic heterocycles. The standard InChI is InChI=1S/C16H32O2/c1-2-3-4-5-6-7-8-9-10-11-12-13-14-15-16(17)18/h2-15H2,1H3,(H,17,18)/i1+1D3. The van der Waals surface area contributed by atoms with Gasteiger partial charge in [-0.05, 0) is 6.42 Å². The molecule has 0 atom stereocenters. The number of carboxylic acids is 1. The molecule has 108 valence electrons. The fourth-order valence-corrected chi connectivity index (χ4v) is 2.17. The van der Waals surface area contributed by atoms with Crippen LogP contribution in [0, 0.1) is 0 Å². The van der Waals surface area contributed by atoms with Crippen LogP contribution in [0.5, 0.6) is 0 Å². The van der Waals surface area contributed by atoms with Gasteiger partial charge >= 0.3 is 5.97 Å². The minimum absolute atomic E-state index is 0.307. The van der Waals surface area contributed by atoms with Gasteiger partial charge in [-0.25, -0.2) is 0 Å². The van der Waals surface area contributed by atoms with Crippen molar-refractivity contribution in [2.24, 2.45) is 0 Å². The van der Waals surface area contributed by atoms with Gasteiger partial charge in [-0.1, -0.05) is 83.9 Å². The lowest BCUT2D eigenvalue weighted by Gasteiger charge is -2.02. The number of carbonyl (C=O) groups is 1. The molecule has 0 fully saturated rings. The second-order valence-electron chi connectivity index (χ2n) is 5.14. The molecular weight excluding hydrogens is 225 g/mol. The number of hydrogen-bond donors (Lipinski definition) is 1. The molecule has 0 spiro atoms. The lowest BCUT2D eigenvalue weighted by Crippen LogP contribution is -1.93. The largest absolute Gasteiger partial charge is 0.481 e. The van der Waals surface area contributed by atoms with E-state index < -0.39 is 12.8 Å². The molecule has 0 aliphatic rings. The minimum Gasteiger partial charge on any atom is -0.481 e. The van der Waals surface area contributed by atoms with Crippen molar-refractivity contribution in [2.45, 2.75) is 96.7 Å². The van der Waals surface area contributed by atoms with Gasteiger partial charge in [-0.3, -0.25) is 4.79 Å². The van der Waals surface area contributed by atoms with Crippen molar-refractivity contribution in [3.8, 4) is 0 Å². The van der Waals surface area contributed by atoms with Crippen molar-refractivity contribution in [3.05, 3.63) is 0 Å². The first kappa shape index (κ1) is 12.5. The van der Waals surface area contributed by atoms with Gasteiger partial charge in [-0.15, -0.1) is 0 Å². The third-order valence-corrected chi connectivity index (χ3v) is 3.32. The Bertz CT molecular complexity index is 252. The molecule has 0 aromatic carbocycles. The maximum absolute atomic E-state index is 10.3. The molecule has 0 aliphatic carbocycles. The van der Waals surface area contributed by atoms with Crippen molar-refractivity contribution in [1.82, 2.24) is 0 Å². The molecule has 0 aromatic rings. The predicted octanol–water partition coefficient (Wildman–Crippen LogP) is 5.55. The van der Waals surface area contributed by atoms with E-state index in [0.717, 1.165) is 38.5 Å². The van der Waals surface area contributed by atoms with Gasteiger partial charge in [0.2, 0.25) is 0 Å². The monoisotopic (exact) mass is 260 g/mol. The van der Waals surface area contributed by atoms with Gasteiger partial charge < -0.3 is 5.11 Å². The molecule has 18 heavy (non-hydrogen) atoms. The van der Waals surface area contributed by atoms with E-state index in [4.69, 9.17) is 9.22 Å². The molecule has 0 saturated heterocycles. The fourth-order valence-electron chi connectivity index (χ4n) is 2.17. The zero-order valence-electron chi connectivity index (χ0n) is 14.8. The van der Waals surface area contributed by atoms with Gasteiger partial charge in [-0.2, -0.15) is 0 Å². The maximum atomic E-state index is 10.3. The van der Waals surface area contributed by atoms with Crippen LogP contribution >= 0.6 is 0 Å². The third kappa shape index (κ3) is 15.5. The number of unbranched alkanes of at least 4 members (excludes halogenated alkanes) is 11. The number of rotatable bonds is 14. The second kappa shape index (κ2) is 14.5. The predicted molar refractivity (Wildman–Crippen MR) is 77.9 cm³/mol. The van der Waals surface area contributed by atoms with E-state index in [2.05, 4.69) is 0 Å². The molecule has 0 amide bonds. The van der Waals surface area contributed by atoms with Gasteiger partial charge in [0.15, 0.2) is 0 Å². The average molecular weight is 260 g/mol. The van der Waals surface area contributed by atoms with Gasteiger partial charge in [0, 0.05) is 10.5 Å². The normalized spacial score (nSPS) is 13.9.